The van der Waals surface area contributed by atoms with Crippen molar-refractivity contribution in [3.05, 3.63) is 39.8 Å². The van der Waals surface area contributed by atoms with E-state index in [1.54, 1.807) is 0 Å². The molecule has 1 atom stereocenters. The van der Waals surface area contributed by atoms with Crippen molar-refractivity contribution in [1.82, 2.24) is 15.5 Å². The molecule has 0 aliphatic heterocycles. The summed E-state index contributed by atoms with van der Waals surface area (Å²) >= 11 is 1.53. The fourth-order valence-corrected chi connectivity index (χ4v) is 2.50. The van der Waals surface area contributed by atoms with Gasteiger partial charge in [-0.15, -0.1) is 10.2 Å². The second kappa shape index (κ2) is 9.82. The second-order valence-electron chi connectivity index (χ2n) is 5.80. The maximum absolute atomic E-state index is 9.99. The molecule has 0 fully saturated rings. The van der Waals surface area contributed by atoms with E-state index in [0.29, 0.717) is 18.2 Å². The Morgan fingerprint density at radius 2 is 2.08 bits per heavy atom. The fraction of sp³-hybridized carbons (Fsp3) is 0.368. The number of aryl methyl sites for hydroxylation is 1. The molecule has 1 unspecified atom stereocenters. The molecule has 2 N–H and O–H groups in total. The summed E-state index contributed by atoms with van der Waals surface area (Å²) in [7, 11) is 0. The van der Waals surface area contributed by atoms with Gasteiger partial charge in [0.1, 0.15) is 28.5 Å². The Hall–Kier alpha value is -2.36. The maximum atomic E-state index is 9.99. The van der Waals surface area contributed by atoms with Crippen molar-refractivity contribution in [2.45, 2.75) is 26.9 Å². The predicted octanol–water partition coefficient (Wildman–Crippen LogP) is 2.96. The minimum Gasteiger partial charge on any atom is -0.490 e. The number of rotatable bonds is 7. The number of aromatic nitrogens is 2. The molecule has 0 bridgehead atoms. The van der Waals surface area contributed by atoms with Crippen LogP contribution in [0.4, 0.5) is 0 Å². The molecule has 0 amide bonds. The zero-order valence-corrected chi connectivity index (χ0v) is 15.5. The average molecular weight is 357 g/mol. The summed E-state index contributed by atoms with van der Waals surface area (Å²) in [5.74, 6) is 4.00. The Morgan fingerprint density at radius 1 is 1.28 bits per heavy atom. The van der Waals surface area contributed by atoms with Crippen LogP contribution in [-0.2, 0) is 0 Å². The van der Waals surface area contributed by atoms with E-state index >= 15 is 0 Å². The number of aliphatic hydroxyl groups is 1. The van der Waals surface area contributed by atoms with Crippen LogP contribution in [0.2, 0.25) is 0 Å². The van der Waals surface area contributed by atoms with Crippen molar-refractivity contribution in [3.63, 3.8) is 0 Å². The molecule has 1 heterocycles. The topological polar surface area (TPSA) is 67.3 Å². The zero-order chi connectivity index (χ0) is 18.1. The molecule has 1 aromatic carbocycles. The molecular weight excluding hydrogens is 334 g/mol. The van der Waals surface area contributed by atoms with Crippen LogP contribution in [0.25, 0.3) is 12.2 Å². The van der Waals surface area contributed by atoms with Crippen LogP contribution in [-0.4, -0.2) is 34.6 Å². The highest BCUT2D eigenvalue weighted by Crippen LogP contribution is 2.21. The fourth-order valence-electron chi connectivity index (χ4n) is 1.90. The number of benzene rings is 1. The van der Waals surface area contributed by atoms with Gasteiger partial charge in [0.05, 0.1) is 6.54 Å². The van der Waals surface area contributed by atoms with E-state index in [2.05, 4.69) is 27.5 Å². The summed E-state index contributed by atoms with van der Waals surface area (Å²) in [6.45, 7) is 6.51. The number of ether oxygens (including phenoxy) is 1. The molecule has 25 heavy (non-hydrogen) atoms. The van der Waals surface area contributed by atoms with E-state index in [4.69, 9.17) is 4.74 Å². The first-order chi connectivity index (χ1) is 12.0. The lowest BCUT2D eigenvalue weighted by molar-refractivity contribution is 0.110. The van der Waals surface area contributed by atoms with Gasteiger partial charge in [0.15, 0.2) is 0 Å². The van der Waals surface area contributed by atoms with Crippen molar-refractivity contribution in [2.75, 3.05) is 13.2 Å². The number of aliphatic hydroxyl groups excluding tert-OH is 1. The lowest BCUT2D eigenvalue weighted by Crippen LogP contribution is -2.29. The number of nitrogens with zero attached hydrogens (tertiary/aromatic N) is 2. The van der Waals surface area contributed by atoms with Crippen LogP contribution >= 0.6 is 11.3 Å². The van der Waals surface area contributed by atoms with Crippen LogP contribution in [0.1, 0.15) is 29.4 Å². The quantitative estimate of drug-likeness (QED) is 0.589. The minimum atomic E-state index is -0.635. The Balaban J connectivity index is 1.90. The van der Waals surface area contributed by atoms with Gasteiger partial charge >= 0.3 is 0 Å². The summed E-state index contributed by atoms with van der Waals surface area (Å²) in [4.78, 5) is 0. The van der Waals surface area contributed by atoms with E-state index in [0.717, 1.165) is 15.6 Å². The predicted molar refractivity (Wildman–Crippen MR) is 102 cm³/mol. The van der Waals surface area contributed by atoms with Gasteiger partial charge in [0, 0.05) is 17.5 Å². The number of hydrogen-bond acceptors (Lipinski definition) is 6. The van der Waals surface area contributed by atoms with Crippen LogP contribution in [0.5, 0.6) is 5.75 Å². The average Bonchev–Trinajstić information content (AvgIpc) is 3.01. The molecule has 5 nitrogen and oxygen atoms in total. The van der Waals surface area contributed by atoms with Gasteiger partial charge in [-0.05, 0) is 25.1 Å². The smallest absolute Gasteiger partial charge is 0.140 e. The Labute approximate surface area is 152 Å². The van der Waals surface area contributed by atoms with E-state index in [1.165, 1.54) is 11.3 Å². The molecule has 6 heteroatoms. The molecule has 0 spiro atoms. The largest absolute Gasteiger partial charge is 0.490 e. The first-order valence-electron chi connectivity index (χ1n) is 8.16. The van der Waals surface area contributed by atoms with Crippen molar-refractivity contribution < 1.29 is 9.84 Å². The lowest BCUT2D eigenvalue weighted by Gasteiger charge is -2.13. The number of nitrogens with one attached hydrogen (secondary N) is 1. The van der Waals surface area contributed by atoms with Gasteiger partial charge in [-0.2, -0.15) is 0 Å². The van der Waals surface area contributed by atoms with E-state index < -0.39 is 6.10 Å². The highest BCUT2D eigenvalue weighted by Gasteiger charge is 2.06. The van der Waals surface area contributed by atoms with Crippen molar-refractivity contribution in [3.8, 4) is 17.7 Å². The van der Waals surface area contributed by atoms with Crippen LogP contribution < -0.4 is 10.1 Å². The maximum Gasteiger partial charge on any atom is 0.140 e. The van der Waals surface area contributed by atoms with Crippen molar-refractivity contribution >= 4 is 23.5 Å². The summed E-state index contributed by atoms with van der Waals surface area (Å²) in [6.07, 6.45) is 3.21. The summed E-state index contributed by atoms with van der Waals surface area (Å²) in [6, 6.07) is 10.5. The van der Waals surface area contributed by atoms with Crippen LogP contribution in [0, 0.1) is 24.8 Å². The molecule has 2 aromatic rings. The minimum absolute atomic E-state index is 0.194. The number of para-hydroxylation sites is 1. The van der Waals surface area contributed by atoms with Crippen LogP contribution in [0.3, 0.4) is 0 Å². The number of hydrogen-bond donors (Lipinski definition) is 2. The van der Waals surface area contributed by atoms with Gasteiger partial charge in [0.2, 0.25) is 0 Å². The normalized spacial score (nSPS) is 12.0. The molecule has 1 aromatic heterocycles. The molecule has 0 saturated heterocycles. The standard InChI is InChI=1S/C19H23N3O2S/c1-14(2)10-11-20-12-17(23)13-24-18-7-5-4-6-16(18)8-9-19-22-21-15(3)25-19/h4-9,14,17,20,23H,12-13H2,1-3H3/b9-8+. The first-order valence-corrected chi connectivity index (χ1v) is 8.97. The zero-order valence-electron chi connectivity index (χ0n) is 14.7. The van der Waals surface area contributed by atoms with E-state index in [-0.39, 0.29) is 6.61 Å². The Kier molecular flexibility index (Phi) is 7.45. The third-order valence-electron chi connectivity index (χ3n) is 3.08. The molecule has 132 valence electrons. The third kappa shape index (κ3) is 6.96. The summed E-state index contributed by atoms with van der Waals surface area (Å²) in [5.41, 5.74) is 0.926. The monoisotopic (exact) mass is 357 g/mol. The Bertz CT molecular complexity index is 759. The summed E-state index contributed by atoms with van der Waals surface area (Å²) in [5, 5.41) is 22.7. The first kappa shape index (κ1) is 19.0. The second-order valence-corrected chi connectivity index (χ2v) is 7.01. The molecule has 2 rings (SSSR count). The molecule has 0 aliphatic carbocycles. The van der Waals surface area contributed by atoms with Gasteiger partial charge in [-0.25, -0.2) is 0 Å². The highest BCUT2D eigenvalue weighted by molar-refractivity contribution is 7.12. The van der Waals surface area contributed by atoms with Gasteiger partial charge in [-0.1, -0.05) is 49.3 Å². The Morgan fingerprint density at radius 3 is 2.80 bits per heavy atom. The third-order valence-corrected chi connectivity index (χ3v) is 3.89. The van der Waals surface area contributed by atoms with Gasteiger partial charge in [0.25, 0.3) is 0 Å². The lowest BCUT2D eigenvalue weighted by atomic mass is 10.2. The van der Waals surface area contributed by atoms with E-state index in [9.17, 15) is 5.11 Å². The summed E-state index contributed by atoms with van der Waals surface area (Å²) < 4.78 is 5.75. The van der Waals surface area contributed by atoms with Gasteiger partial charge < -0.3 is 15.2 Å². The van der Waals surface area contributed by atoms with Crippen LogP contribution in [0.15, 0.2) is 24.3 Å². The van der Waals surface area contributed by atoms with Gasteiger partial charge in [-0.3, -0.25) is 0 Å². The molecular formula is C19H23N3O2S. The van der Waals surface area contributed by atoms with Crippen molar-refractivity contribution in [1.29, 1.82) is 0 Å². The van der Waals surface area contributed by atoms with Crippen molar-refractivity contribution in [2.24, 2.45) is 5.92 Å². The molecule has 0 radical (unpaired) electrons. The van der Waals surface area contributed by atoms with E-state index in [1.807, 2.05) is 57.2 Å². The molecule has 0 saturated carbocycles. The SMILES string of the molecule is Cc1nnc(/C=C/c2ccccc2OCC(O)CNC#CC(C)C)s1. The molecule has 0 aliphatic rings. The highest BCUT2D eigenvalue weighted by atomic mass is 32.1.